The Hall–Kier alpha value is -1.23. The number of nitrogens with two attached hydrogens (primary N) is 1. The molecule has 0 atom stereocenters. The number of nitrogen functional groups attached to an aromatic ring is 1. The van der Waals surface area contributed by atoms with Crippen molar-refractivity contribution in [2.24, 2.45) is 0 Å². The highest BCUT2D eigenvalue weighted by molar-refractivity contribution is 5.43. The molecule has 1 aromatic carbocycles. The molecule has 0 aliphatic heterocycles. The number of hydrogen-bond acceptors (Lipinski definition) is 2. The van der Waals surface area contributed by atoms with Crippen molar-refractivity contribution in [3.63, 3.8) is 0 Å². The third-order valence-electron chi connectivity index (χ3n) is 3.73. The number of rotatable bonds is 5. The summed E-state index contributed by atoms with van der Waals surface area (Å²) in [5, 5.41) is 0. The van der Waals surface area contributed by atoms with Crippen LogP contribution in [-0.2, 0) is 5.41 Å². The fourth-order valence-corrected chi connectivity index (χ4v) is 2.44. The summed E-state index contributed by atoms with van der Waals surface area (Å²) >= 11 is 0. The van der Waals surface area contributed by atoms with Gasteiger partial charge in [-0.1, -0.05) is 12.1 Å². The van der Waals surface area contributed by atoms with E-state index >= 15 is 0 Å². The van der Waals surface area contributed by atoms with Gasteiger partial charge in [0, 0.05) is 24.2 Å². The Bertz CT molecular complexity index is 421. The Morgan fingerprint density at radius 1 is 1.21 bits per heavy atom. The van der Waals surface area contributed by atoms with Gasteiger partial charge in [-0.05, 0) is 37.6 Å². The van der Waals surface area contributed by atoms with E-state index in [9.17, 15) is 13.2 Å². The molecular weight excluding hydrogens is 253 g/mol. The van der Waals surface area contributed by atoms with Crippen molar-refractivity contribution in [2.45, 2.75) is 30.9 Å². The minimum Gasteiger partial charge on any atom is -0.399 e. The molecule has 0 bridgehead atoms. The highest BCUT2D eigenvalue weighted by Gasteiger charge is 2.45. The Balaban J connectivity index is 1.93. The molecule has 1 fully saturated rings. The molecule has 5 heteroatoms. The lowest BCUT2D eigenvalue weighted by Crippen LogP contribution is -2.32. The van der Waals surface area contributed by atoms with Crippen LogP contribution in [0.5, 0.6) is 0 Å². The van der Waals surface area contributed by atoms with E-state index in [4.69, 9.17) is 5.73 Å². The van der Waals surface area contributed by atoms with Crippen LogP contribution in [0.4, 0.5) is 18.9 Å². The first-order chi connectivity index (χ1) is 8.81. The van der Waals surface area contributed by atoms with Crippen LogP contribution in [-0.4, -0.2) is 31.2 Å². The third kappa shape index (κ3) is 3.86. The fraction of sp³-hybridized carbons (Fsp3) is 0.571. The molecule has 0 aromatic heterocycles. The fourth-order valence-electron chi connectivity index (χ4n) is 2.44. The van der Waals surface area contributed by atoms with Crippen LogP contribution >= 0.6 is 0 Å². The molecule has 2 nitrogen and oxygen atoms in total. The van der Waals surface area contributed by atoms with Gasteiger partial charge in [0.05, 0.1) is 6.42 Å². The summed E-state index contributed by atoms with van der Waals surface area (Å²) in [7, 11) is 1.75. The molecule has 0 heterocycles. The van der Waals surface area contributed by atoms with Crippen LogP contribution in [0.25, 0.3) is 0 Å². The molecule has 0 saturated heterocycles. The van der Waals surface area contributed by atoms with Crippen molar-refractivity contribution in [1.29, 1.82) is 0 Å². The maximum Gasteiger partial charge on any atom is 0.390 e. The largest absolute Gasteiger partial charge is 0.399 e. The molecule has 1 aliphatic carbocycles. The minimum atomic E-state index is -4.08. The van der Waals surface area contributed by atoms with E-state index < -0.39 is 12.6 Å². The van der Waals surface area contributed by atoms with Gasteiger partial charge in [-0.3, -0.25) is 0 Å². The topological polar surface area (TPSA) is 29.3 Å². The molecular formula is C14H19F3N2. The number of likely N-dealkylation sites (N-methyl/N-ethyl adjacent to an activating group) is 1. The lowest BCUT2D eigenvalue weighted by atomic mass is 9.95. The van der Waals surface area contributed by atoms with E-state index in [0.717, 1.165) is 12.8 Å². The van der Waals surface area contributed by atoms with Gasteiger partial charge in [0.1, 0.15) is 0 Å². The number of halogens is 3. The average Bonchev–Trinajstić information content (AvgIpc) is 3.07. The highest BCUT2D eigenvalue weighted by atomic mass is 19.4. The second-order valence-corrected chi connectivity index (χ2v) is 5.51. The Labute approximate surface area is 111 Å². The molecule has 0 radical (unpaired) electrons. The molecule has 1 aliphatic rings. The first-order valence-electron chi connectivity index (χ1n) is 6.42. The standard InChI is InChI=1S/C14H19F3N2/c1-19(9-8-14(15,16)17)10-13(6-7-13)11-2-4-12(18)5-3-11/h2-5H,6-10,18H2,1H3. The molecule has 2 rings (SSSR count). The first-order valence-corrected chi connectivity index (χ1v) is 6.42. The molecule has 106 valence electrons. The van der Waals surface area contributed by atoms with E-state index in [-0.39, 0.29) is 12.0 Å². The number of anilines is 1. The summed E-state index contributed by atoms with van der Waals surface area (Å²) in [6.45, 7) is 0.729. The normalized spacial score (nSPS) is 17.7. The van der Waals surface area contributed by atoms with Crippen molar-refractivity contribution in [2.75, 3.05) is 25.9 Å². The van der Waals surface area contributed by atoms with Crippen LogP contribution in [0.1, 0.15) is 24.8 Å². The molecule has 1 saturated carbocycles. The van der Waals surface area contributed by atoms with Gasteiger partial charge >= 0.3 is 6.18 Å². The zero-order chi connectivity index (χ0) is 14.1. The van der Waals surface area contributed by atoms with Crippen LogP contribution in [0.3, 0.4) is 0 Å². The summed E-state index contributed by atoms with van der Waals surface area (Å²) in [5.74, 6) is 0. The van der Waals surface area contributed by atoms with Crippen molar-refractivity contribution in [3.8, 4) is 0 Å². The third-order valence-corrected chi connectivity index (χ3v) is 3.73. The summed E-state index contributed by atoms with van der Waals surface area (Å²) < 4.78 is 36.6. The van der Waals surface area contributed by atoms with Crippen molar-refractivity contribution in [1.82, 2.24) is 4.90 Å². The Kier molecular flexibility index (Phi) is 3.76. The first kappa shape index (κ1) is 14.2. The van der Waals surface area contributed by atoms with Crippen molar-refractivity contribution >= 4 is 5.69 Å². The second kappa shape index (κ2) is 5.04. The summed E-state index contributed by atoms with van der Waals surface area (Å²) in [5.41, 5.74) is 7.58. The Morgan fingerprint density at radius 3 is 2.26 bits per heavy atom. The van der Waals surface area contributed by atoms with Gasteiger partial charge in [-0.15, -0.1) is 0 Å². The van der Waals surface area contributed by atoms with Gasteiger partial charge < -0.3 is 10.6 Å². The predicted octanol–water partition coefficient (Wildman–Crippen LogP) is 3.18. The molecule has 1 aromatic rings. The van der Waals surface area contributed by atoms with E-state index in [1.54, 1.807) is 11.9 Å². The van der Waals surface area contributed by atoms with Gasteiger partial charge in [0.15, 0.2) is 0 Å². The predicted molar refractivity (Wildman–Crippen MR) is 69.9 cm³/mol. The van der Waals surface area contributed by atoms with Crippen molar-refractivity contribution < 1.29 is 13.2 Å². The zero-order valence-electron chi connectivity index (χ0n) is 11.0. The summed E-state index contributed by atoms with van der Waals surface area (Å²) in [4.78, 5) is 1.77. The lowest BCUT2D eigenvalue weighted by Gasteiger charge is -2.24. The molecule has 19 heavy (non-hydrogen) atoms. The molecule has 0 amide bonds. The van der Waals surface area contributed by atoms with Gasteiger partial charge in [0.2, 0.25) is 0 Å². The van der Waals surface area contributed by atoms with E-state index in [1.165, 1.54) is 5.56 Å². The minimum absolute atomic E-state index is 0.0358. The number of nitrogens with zero attached hydrogens (tertiary/aromatic N) is 1. The maximum atomic E-state index is 12.2. The van der Waals surface area contributed by atoms with Crippen LogP contribution in [0.2, 0.25) is 0 Å². The lowest BCUT2D eigenvalue weighted by molar-refractivity contribution is -0.137. The van der Waals surface area contributed by atoms with Crippen LogP contribution in [0.15, 0.2) is 24.3 Å². The highest BCUT2D eigenvalue weighted by Crippen LogP contribution is 2.48. The van der Waals surface area contributed by atoms with Crippen molar-refractivity contribution in [3.05, 3.63) is 29.8 Å². The van der Waals surface area contributed by atoms with E-state index in [0.29, 0.717) is 12.2 Å². The van der Waals surface area contributed by atoms with E-state index in [1.807, 2.05) is 24.3 Å². The molecule has 2 N–H and O–H groups in total. The monoisotopic (exact) mass is 272 g/mol. The van der Waals surface area contributed by atoms with Crippen LogP contribution in [0, 0.1) is 0 Å². The number of alkyl halides is 3. The quantitative estimate of drug-likeness (QED) is 0.834. The summed E-state index contributed by atoms with van der Waals surface area (Å²) in [6.07, 6.45) is -2.76. The van der Waals surface area contributed by atoms with E-state index in [2.05, 4.69) is 0 Å². The number of benzene rings is 1. The Morgan fingerprint density at radius 2 is 1.79 bits per heavy atom. The number of hydrogen-bond donors (Lipinski definition) is 1. The SMILES string of the molecule is CN(CCC(F)(F)F)CC1(c2ccc(N)cc2)CC1. The van der Waals surface area contributed by atoms with Crippen LogP contribution < -0.4 is 5.73 Å². The molecule has 0 spiro atoms. The average molecular weight is 272 g/mol. The smallest absolute Gasteiger partial charge is 0.390 e. The summed E-state index contributed by atoms with van der Waals surface area (Å²) in [6, 6.07) is 7.68. The molecule has 0 unspecified atom stereocenters. The van der Waals surface area contributed by atoms with Gasteiger partial charge in [-0.25, -0.2) is 0 Å². The second-order valence-electron chi connectivity index (χ2n) is 5.51. The van der Waals surface area contributed by atoms with Gasteiger partial charge in [0.25, 0.3) is 0 Å². The zero-order valence-corrected chi connectivity index (χ0v) is 11.0. The maximum absolute atomic E-state index is 12.2. The van der Waals surface area contributed by atoms with Gasteiger partial charge in [-0.2, -0.15) is 13.2 Å².